The lowest BCUT2D eigenvalue weighted by Crippen LogP contribution is -2.44. The van der Waals surface area contributed by atoms with Gasteiger partial charge >= 0.3 is 0 Å². The van der Waals surface area contributed by atoms with Crippen LogP contribution in [0.1, 0.15) is 38.2 Å². The maximum absolute atomic E-state index is 12.6. The monoisotopic (exact) mass is 474 g/mol. The van der Waals surface area contributed by atoms with E-state index in [4.69, 9.17) is 9.47 Å². The van der Waals surface area contributed by atoms with Crippen molar-refractivity contribution in [3.8, 4) is 5.75 Å². The summed E-state index contributed by atoms with van der Waals surface area (Å²) in [6.07, 6.45) is 3.57. The van der Waals surface area contributed by atoms with Gasteiger partial charge in [-0.3, -0.25) is 9.10 Å². The van der Waals surface area contributed by atoms with Crippen LogP contribution in [0, 0.1) is 0 Å². The van der Waals surface area contributed by atoms with Crippen LogP contribution in [0.2, 0.25) is 0 Å². The van der Waals surface area contributed by atoms with E-state index in [1.54, 1.807) is 24.3 Å². The summed E-state index contributed by atoms with van der Waals surface area (Å²) in [6.45, 7) is 4.58. The van der Waals surface area contributed by atoms with Crippen LogP contribution in [0.25, 0.3) is 0 Å². The van der Waals surface area contributed by atoms with E-state index in [2.05, 4.69) is 17.4 Å². The average Bonchev–Trinajstić information content (AvgIpc) is 2.82. The first kappa shape index (κ1) is 25.1. The Bertz CT molecular complexity index is 987. The summed E-state index contributed by atoms with van der Waals surface area (Å²) in [5.41, 5.74) is 1.65. The average molecular weight is 475 g/mol. The third-order valence-corrected chi connectivity index (χ3v) is 7.26. The van der Waals surface area contributed by atoms with Crippen molar-refractivity contribution < 1.29 is 22.7 Å². The normalized spacial score (nSPS) is 15.6. The molecule has 180 valence electrons. The van der Waals surface area contributed by atoms with Crippen molar-refractivity contribution in [2.24, 2.45) is 0 Å². The molecule has 2 aromatic carbocycles. The number of nitrogens with one attached hydrogen (secondary N) is 1. The van der Waals surface area contributed by atoms with Gasteiger partial charge in [-0.1, -0.05) is 30.3 Å². The number of rotatable bonds is 11. The quantitative estimate of drug-likeness (QED) is 0.539. The number of hydrogen-bond donors (Lipinski definition) is 1. The summed E-state index contributed by atoms with van der Waals surface area (Å²) >= 11 is 0. The molecular formula is C25H34N2O5S. The minimum Gasteiger partial charge on any atom is -0.494 e. The molecule has 8 heteroatoms. The number of carbonyl (C=O) groups excluding carboxylic acids is 1. The molecule has 2 aromatic rings. The highest BCUT2D eigenvalue weighted by Crippen LogP contribution is 2.34. The maximum Gasteiger partial charge on any atom is 0.232 e. The number of carbonyl (C=O) groups is 1. The molecule has 0 aromatic heterocycles. The van der Waals surface area contributed by atoms with Crippen molar-refractivity contribution >= 4 is 21.6 Å². The highest BCUT2D eigenvalue weighted by atomic mass is 32.2. The molecular weight excluding hydrogens is 440 g/mol. The van der Waals surface area contributed by atoms with Crippen molar-refractivity contribution in [1.29, 1.82) is 0 Å². The zero-order valence-corrected chi connectivity index (χ0v) is 20.3. The van der Waals surface area contributed by atoms with Gasteiger partial charge in [-0.05, 0) is 56.0 Å². The Kier molecular flexibility index (Phi) is 8.74. The highest BCUT2D eigenvalue weighted by molar-refractivity contribution is 7.92. The summed E-state index contributed by atoms with van der Waals surface area (Å²) < 4.78 is 37.0. The molecule has 33 heavy (non-hydrogen) atoms. The van der Waals surface area contributed by atoms with Gasteiger partial charge in [0.05, 0.1) is 18.6 Å². The van der Waals surface area contributed by atoms with Gasteiger partial charge in [0.2, 0.25) is 15.9 Å². The van der Waals surface area contributed by atoms with Gasteiger partial charge in [0.25, 0.3) is 0 Å². The summed E-state index contributed by atoms with van der Waals surface area (Å²) in [7, 11) is -3.47. The highest BCUT2D eigenvalue weighted by Gasteiger charge is 2.34. The fourth-order valence-corrected chi connectivity index (χ4v) is 5.19. The number of amides is 1. The minimum atomic E-state index is -3.47. The largest absolute Gasteiger partial charge is 0.494 e. The Labute approximate surface area is 197 Å². The summed E-state index contributed by atoms with van der Waals surface area (Å²) in [4.78, 5) is 12.6. The molecule has 0 aliphatic carbocycles. The molecule has 3 rings (SSSR count). The summed E-state index contributed by atoms with van der Waals surface area (Å²) in [5, 5.41) is 3.09. The van der Waals surface area contributed by atoms with Crippen LogP contribution in [0.5, 0.6) is 5.75 Å². The van der Waals surface area contributed by atoms with Gasteiger partial charge in [0.1, 0.15) is 5.75 Å². The SMILES string of the molecule is CCOc1ccc(N(CCCC(=O)NCC2(c3ccccc3)CCOCC2)S(C)(=O)=O)cc1. The Morgan fingerprint density at radius 2 is 1.76 bits per heavy atom. The van der Waals surface area contributed by atoms with Crippen LogP contribution in [0.3, 0.4) is 0 Å². The molecule has 1 aliphatic heterocycles. The lowest BCUT2D eigenvalue weighted by Gasteiger charge is -2.38. The Morgan fingerprint density at radius 1 is 1.09 bits per heavy atom. The Hall–Kier alpha value is -2.58. The topological polar surface area (TPSA) is 84.9 Å². The fraction of sp³-hybridized carbons (Fsp3) is 0.480. The molecule has 1 saturated heterocycles. The molecule has 1 N–H and O–H groups in total. The van der Waals surface area contributed by atoms with Crippen LogP contribution >= 0.6 is 0 Å². The van der Waals surface area contributed by atoms with Gasteiger partial charge in [-0.15, -0.1) is 0 Å². The molecule has 0 bridgehead atoms. The van der Waals surface area contributed by atoms with E-state index in [1.807, 2.05) is 25.1 Å². The molecule has 1 amide bonds. The minimum absolute atomic E-state index is 0.0723. The number of hydrogen-bond acceptors (Lipinski definition) is 5. The van der Waals surface area contributed by atoms with E-state index in [0.717, 1.165) is 12.8 Å². The molecule has 1 heterocycles. The number of anilines is 1. The molecule has 0 saturated carbocycles. The first-order chi connectivity index (χ1) is 15.8. The van der Waals surface area contributed by atoms with Crippen LogP contribution in [0.4, 0.5) is 5.69 Å². The molecule has 0 spiro atoms. The standard InChI is InChI=1S/C25H34N2O5S/c1-3-32-23-13-11-22(12-14-23)27(33(2,29)30)17-7-10-24(28)26-20-25(15-18-31-19-16-25)21-8-5-4-6-9-21/h4-6,8-9,11-14H,3,7,10,15-20H2,1-2H3,(H,26,28). The van der Waals surface area contributed by atoms with Crippen molar-refractivity contribution in [2.75, 3.05) is 43.5 Å². The van der Waals surface area contributed by atoms with E-state index in [9.17, 15) is 13.2 Å². The number of sulfonamides is 1. The van der Waals surface area contributed by atoms with E-state index in [0.29, 0.717) is 44.2 Å². The molecule has 0 radical (unpaired) electrons. The van der Waals surface area contributed by atoms with Gasteiger partial charge in [-0.2, -0.15) is 0 Å². The second-order valence-electron chi connectivity index (χ2n) is 8.40. The van der Waals surface area contributed by atoms with Crippen molar-refractivity contribution in [3.63, 3.8) is 0 Å². The molecule has 0 unspecified atom stereocenters. The second kappa shape index (κ2) is 11.5. The lowest BCUT2D eigenvalue weighted by atomic mass is 9.74. The van der Waals surface area contributed by atoms with E-state index in [1.165, 1.54) is 16.1 Å². The van der Waals surface area contributed by atoms with Gasteiger partial charge in [0, 0.05) is 38.1 Å². The Morgan fingerprint density at radius 3 is 2.36 bits per heavy atom. The molecule has 7 nitrogen and oxygen atoms in total. The predicted molar refractivity (Wildman–Crippen MR) is 130 cm³/mol. The van der Waals surface area contributed by atoms with Crippen molar-refractivity contribution in [3.05, 3.63) is 60.2 Å². The van der Waals surface area contributed by atoms with Crippen LogP contribution in [-0.4, -0.2) is 53.5 Å². The van der Waals surface area contributed by atoms with Gasteiger partial charge in [-0.25, -0.2) is 8.42 Å². The third kappa shape index (κ3) is 6.95. The van der Waals surface area contributed by atoms with Crippen molar-refractivity contribution in [2.45, 2.75) is 38.0 Å². The zero-order chi connectivity index (χ0) is 23.7. The van der Waals surface area contributed by atoms with Crippen LogP contribution < -0.4 is 14.4 Å². The van der Waals surface area contributed by atoms with Crippen molar-refractivity contribution in [1.82, 2.24) is 5.32 Å². The first-order valence-electron chi connectivity index (χ1n) is 11.4. The van der Waals surface area contributed by atoms with Crippen LogP contribution in [-0.2, 0) is 25.0 Å². The van der Waals surface area contributed by atoms with Crippen LogP contribution in [0.15, 0.2) is 54.6 Å². The fourth-order valence-electron chi connectivity index (χ4n) is 4.22. The van der Waals surface area contributed by atoms with Gasteiger partial charge in [0.15, 0.2) is 0 Å². The summed E-state index contributed by atoms with van der Waals surface area (Å²) in [5.74, 6) is 0.617. The smallest absolute Gasteiger partial charge is 0.232 e. The molecule has 1 aliphatic rings. The van der Waals surface area contributed by atoms with E-state index < -0.39 is 10.0 Å². The van der Waals surface area contributed by atoms with E-state index in [-0.39, 0.29) is 24.3 Å². The molecule has 0 atom stereocenters. The third-order valence-electron chi connectivity index (χ3n) is 6.06. The molecule has 1 fully saturated rings. The number of benzene rings is 2. The Balaban J connectivity index is 1.56. The van der Waals surface area contributed by atoms with E-state index >= 15 is 0 Å². The second-order valence-corrected chi connectivity index (χ2v) is 10.3. The maximum atomic E-state index is 12.6. The summed E-state index contributed by atoms with van der Waals surface area (Å²) in [6, 6.07) is 17.2. The first-order valence-corrected chi connectivity index (χ1v) is 13.3. The van der Waals surface area contributed by atoms with Gasteiger partial charge < -0.3 is 14.8 Å². The zero-order valence-electron chi connectivity index (χ0n) is 19.5. The number of ether oxygens (including phenoxy) is 2. The lowest BCUT2D eigenvalue weighted by molar-refractivity contribution is -0.121. The predicted octanol–water partition coefficient (Wildman–Crippen LogP) is 3.50. The number of nitrogens with zero attached hydrogens (tertiary/aromatic N) is 1.